The molecule has 0 bridgehead atoms. The van der Waals surface area contributed by atoms with Crippen LogP contribution in [0.3, 0.4) is 0 Å². The maximum absolute atomic E-state index is 12.2. The molecule has 5 nitrogen and oxygen atoms in total. The number of amides is 2. The summed E-state index contributed by atoms with van der Waals surface area (Å²) in [5, 5.41) is 0.677. The Morgan fingerprint density at radius 3 is 2.08 bits per heavy atom. The van der Waals surface area contributed by atoms with Crippen LogP contribution in [0.1, 0.15) is 37.5 Å². The summed E-state index contributed by atoms with van der Waals surface area (Å²) in [6.07, 6.45) is 0.339. The normalized spacial score (nSPS) is 13.1. The molecule has 0 spiro atoms. The third kappa shape index (κ3) is 3.67. The quantitative estimate of drug-likeness (QED) is 0.451. The number of halogens is 2. The van der Waals surface area contributed by atoms with Crippen molar-refractivity contribution in [3.8, 4) is 0 Å². The van der Waals surface area contributed by atoms with Gasteiger partial charge in [-0.15, -0.1) is 0 Å². The molecule has 1 aliphatic heterocycles. The Bertz CT molecular complexity index is 811. The van der Waals surface area contributed by atoms with Gasteiger partial charge in [-0.25, -0.2) is 4.79 Å². The molecular weight excluding hydrogens is 365 g/mol. The van der Waals surface area contributed by atoms with E-state index in [1.807, 2.05) is 0 Å². The number of esters is 1. The molecule has 2 amide bonds. The average molecular weight is 378 g/mol. The minimum Gasteiger partial charge on any atom is -0.462 e. The number of rotatable bonds is 5. The molecule has 3 rings (SSSR count). The van der Waals surface area contributed by atoms with E-state index in [-0.39, 0.29) is 30.5 Å². The molecule has 0 atom stereocenters. The van der Waals surface area contributed by atoms with Gasteiger partial charge >= 0.3 is 5.97 Å². The van der Waals surface area contributed by atoms with Crippen LogP contribution in [0.5, 0.6) is 0 Å². The highest BCUT2D eigenvalue weighted by Crippen LogP contribution is 2.23. The first kappa shape index (κ1) is 17.5. The summed E-state index contributed by atoms with van der Waals surface area (Å²) in [4.78, 5) is 37.5. The lowest BCUT2D eigenvalue weighted by Crippen LogP contribution is -2.31. The summed E-state index contributed by atoms with van der Waals surface area (Å²) in [5.74, 6) is -1.21. The zero-order valence-electron chi connectivity index (χ0n) is 13.0. The molecule has 0 radical (unpaired) electrons. The SMILES string of the molecule is O=C(OCCCN1C(=O)c2ccccc2C1=O)c1cc(Cl)cc(Cl)c1. The number of carbonyl (C=O) groups excluding carboxylic acids is 3. The number of imide groups is 1. The molecule has 0 saturated carbocycles. The standard InChI is InChI=1S/C18H13Cl2NO4/c19-12-8-11(9-13(20)10-12)18(24)25-7-3-6-21-16(22)14-4-1-2-5-15(14)17(21)23/h1-2,4-5,8-10H,3,6-7H2. The summed E-state index contributed by atoms with van der Waals surface area (Å²) in [5.41, 5.74) is 1.05. The van der Waals surface area contributed by atoms with Crippen LogP contribution in [-0.2, 0) is 4.74 Å². The lowest BCUT2D eigenvalue weighted by molar-refractivity contribution is 0.0482. The number of ether oxygens (including phenoxy) is 1. The zero-order valence-corrected chi connectivity index (χ0v) is 14.5. The molecule has 0 N–H and O–H groups in total. The van der Waals surface area contributed by atoms with E-state index in [9.17, 15) is 14.4 Å². The zero-order chi connectivity index (χ0) is 18.0. The Hall–Kier alpha value is -2.37. The van der Waals surface area contributed by atoms with Gasteiger partial charge in [0.2, 0.25) is 0 Å². The number of hydrogen-bond acceptors (Lipinski definition) is 4. The van der Waals surface area contributed by atoms with Gasteiger partial charge in [-0.05, 0) is 36.8 Å². The van der Waals surface area contributed by atoms with Crippen molar-refractivity contribution in [2.75, 3.05) is 13.2 Å². The third-order valence-electron chi connectivity index (χ3n) is 3.74. The van der Waals surface area contributed by atoms with Crippen molar-refractivity contribution in [1.29, 1.82) is 0 Å². The first-order valence-corrected chi connectivity index (χ1v) is 8.31. The molecule has 0 aromatic heterocycles. The molecule has 2 aromatic rings. The predicted octanol–water partition coefficient (Wildman–Crippen LogP) is 3.84. The van der Waals surface area contributed by atoms with Crippen LogP contribution in [0.4, 0.5) is 0 Å². The van der Waals surface area contributed by atoms with Crippen molar-refractivity contribution < 1.29 is 19.1 Å². The van der Waals surface area contributed by atoms with Crippen LogP contribution >= 0.6 is 23.2 Å². The molecule has 25 heavy (non-hydrogen) atoms. The lowest BCUT2D eigenvalue weighted by Gasteiger charge is -2.13. The van der Waals surface area contributed by atoms with E-state index in [0.717, 1.165) is 4.90 Å². The molecule has 0 fully saturated rings. The molecule has 128 valence electrons. The second-order valence-electron chi connectivity index (χ2n) is 5.46. The van der Waals surface area contributed by atoms with Crippen LogP contribution in [0, 0.1) is 0 Å². The molecule has 0 aliphatic carbocycles. The van der Waals surface area contributed by atoms with E-state index in [1.165, 1.54) is 18.2 Å². The van der Waals surface area contributed by atoms with Crippen LogP contribution in [0.2, 0.25) is 10.0 Å². The van der Waals surface area contributed by atoms with Crippen LogP contribution < -0.4 is 0 Å². The van der Waals surface area contributed by atoms with Crippen molar-refractivity contribution in [1.82, 2.24) is 4.90 Å². The summed E-state index contributed by atoms with van der Waals surface area (Å²) in [7, 11) is 0. The molecular formula is C18H13Cl2NO4. The van der Waals surface area contributed by atoms with Gasteiger partial charge in [-0.2, -0.15) is 0 Å². The average Bonchev–Trinajstić information content (AvgIpc) is 2.82. The largest absolute Gasteiger partial charge is 0.462 e. The fourth-order valence-corrected chi connectivity index (χ4v) is 3.11. The van der Waals surface area contributed by atoms with E-state index >= 15 is 0 Å². The monoisotopic (exact) mass is 377 g/mol. The summed E-state index contributed by atoms with van der Waals surface area (Å²) < 4.78 is 5.14. The first-order chi connectivity index (χ1) is 12.0. The first-order valence-electron chi connectivity index (χ1n) is 7.56. The fourth-order valence-electron chi connectivity index (χ4n) is 2.58. The van der Waals surface area contributed by atoms with Crippen molar-refractivity contribution in [2.45, 2.75) is 6.42 Å². The number of hydrogen-bond donors (Lipinski definition) is 0. The Morgan fingerprint density at radius 1 is 0.960 bits per heavy atom. The van der Waals surface area contributed by atoms with E-state index < -0.39 is 5.97 Å². The summed E-state index contributed by atoms with van der Waals surface area (Å²) in [6.45, 7) is 0.242. The highest BCUT2D eigenvalue weighted by Gasteiger charge is 2.34. The number of fused-ring (bicyclic) bond motifs is 1. The van der Waals surface area contributed by atoms with Gasteiger partial charge < -0.3 is 4.74 Å². The van der Waals surface area contributed by atoms with E-state index in [1.54, 1.807) is 24.3 Å². The molecule has 7 heteroatoms. The van der Waals surface area contributed by atoms with Gasteiger partial charge in [-0.3, -0.25) is 14.5 Å². The topological polar surface area (TPSA) is 63.7 Å². The predicted molar refractivity (Wildman–Crippen MR) is 93.2 cm³/mol. The summed E-state index contributed by atoms with van der Waals surface area (Å²) >= 11 is 11.7. The Morgan fingerprint density at radius 2 is 1.52 bits per heavy atom. The van der Waals surface area contributed by atoms with E-state index in [0.29, 0.717) is 27.6 Å². The molecule has 0 saturated heterocycles. The van der Waals surface area contributed by atoms with E-state index in [2.05, 4.69) is 0 Å². The van der Waals surface area contributed by atoms with Crippen molar-refractivity contribution in [3.05, 3.63) is 69.2 Å². The number of benzene rings is 2. The Balaban J connectivity index is 1.53. The minimum atomic E-state index is -0.563. The van der Waals surface area contributed by atoms with Gasteiger partial charge in [0, 0.05) is 16.6 Å². The van der Waals surface area contributed by atoms with Crippen LogP contribution in [0.25, 0.3) is 0 Å². The molecule has 0 unspecified atom stereocenters. The minimum absolute atomic E-state index is 0.0658. The van der Waals surface area contributed by atoms with Crippen molar-refractivity contribution in [2.24, 2.45) is 0 Å². The van der Waals surface area contributed by atoms with Crippen molar-refractivity contribution >= 4 is 41.0 Å². The Labute approximate surface area is 154 Å². The lowest BCUT2D eigenvalue weighted by atomic mass is 10.1. The third-order valence-corrected chi connectivity index (χ3v) is 4.17. The number of nitrogens with zero attached hydrogens (tertiary/aromatic N) is 1. The second-order valence-corrected chi connectivity index (χ2v) is 6.33. The Kier molecular flexibility index (Phi) is 5.06. The molecule has 1 aliphatic rings. The van der Waals surface area contributed by atoms with Gasteiger partial charge in [0.15, 0.2) is 0 Å². The van der Waals surface area contributed by atoms with Crippen molar-refractivity contribution in [3.63, 3.8) is 0 Å². The van der Waals surface area contributed by atoms with Crippen LogP contribution in [-0.4, -0.2) is 35.8 Å². The van der Waals surface area contributed by atoms with Crippen LogP contribution in [0.15, 0.2) is 42.5 Å². The number of carbonyl (C=O) groups is 3. The maximum Gasteiger partial charge on any atom is 0.338 e. The maximum atomic E-state index is 12.2. The van der Waals surface area contributed by atoms with Gasteiger partial charge in [0.25, 0.3) is 11.8 Å². The fraction of sp³-hybridized carbons (Fsp3) is 0.167. The van der Waals surface area contributed by atoms with Gasteiger partial charge in [0.05, 0.1) is 23.3 Å². The molecule has 2 aromatic carbocycles. The smallest absolute Gasteiger partial charge is 0.338 e. The molecule has 1 heterocycles. The highest BCUT2D eigenvalue weighted by molar-refractivity contribution is 6.35. The highest BCUT2D eigenvalue weighted by atomic mass is 35.5. The summed E-state index contributed by atoms with van der Waals surface area (Å²) in [6, 6.07) is 11.1. The van der Waals surface area contributed by atoms with E-state index in [4.69, 9.17) is 27.9 Å². The second kappa shape index (κ2) is 7.25. The van der Waals surface area contributed by atoms with Gasteiger partial charge in [0.1, 0.15) is 0 Å². The van der Waals surface area contributed by atoms with Gasteiger partial charge in [-0.1, -0.05) is 35.3 Å².